The fourth-order valence-corrected chi connectivity index (χ4v) is 3.48. The fraction of sp³-hybridized carbons (Fsp3) is 0.0476. The van der Waals surface area contributed by atoms with E-state index in [1.807, 2.05) is 61.5 Å². The summed E-state index contributed by atoms with van der Waals surface area (Å²) in [6, 6.07) is 24.3. The van der Waals surface area contributed by atoms with Gasteiger partial charge in [0.05, 0.1) is 0 Å². The van der Waals surface area contributed by atoms with E-state index in [9.17, 15) is 5.26 Å². The molecule has 0 radical (unpaired) electrons. The molecule has 1 aromatic heterocycles. The van der Waals surface area contributed by atoms with Gasteiger partial charge in [0.25, 0.3) is 0 Å². The molecular weight excluding hydrogens is 328 g/mol. The number of oxazole rings is 1. The Morgan fingerprint density at radius 3 is 2.52 bits per heavy atom. The van der Waals surface area contributed by atoms with E-state index < -0.39 is 0 Å². The van der Waals surface area contributed by atoms with E-state index in [1.54, 1.807) is 0 Å². The molecule has 0 fully saturated rings. The van der Waals surface area contributed by atoms with Crippen molar-refractivity contribution in [1.82, 2.24) is 4.98 Å². The predicted molar refractivity (Wildman–Crippen MR) is 99.5 cm³/mol. The van der Waals surface area contributed by atoms with Gasteiger partial charge in [-0.3, -0.25) is 0 Å². The van der Waals surface area contributed by atoms with Gasteiger partial charge in [-0.25, -0.2) is 0 Å². The van der Waals surface area contributed by atoms with Crippen LogP contribution in [0.3, 0.4) is 0 Å². The lowest BCUT2D eigenvalue weighted by atomic mass is 10.0. The Morgan fingerprint density at radius 1 is 0.960 bits per heavy atom. The summed E-state index contributed by atoms with van der Waals surface area (Å²) >= 11 is 1.42. The normalized spacial score (nSPS) is 10.7. The molecule has 3 aromatic carbocycles. The zero-order chi connectivity index (χ0) is 17.2. The molecule has 4 heteroatoms. The molecule has 0 saturated carbocycles. The fourth-order valence-electron chi connectivity index (χ4n) is 2.69. The summed E-state index contributed by atoms with van der Waals surface area (Å²) in [5.74, 6) is 0.475. The van der Waals surface area contributed by atoms with Gasteiger partial charge in [0.15, 0.2) is 5.69 Å². The third kappa shape index (κ3) is 3.02. The Morgan fingerprint density at radius 2 is 1.72 bits per heavy atom. The summed E-state index contributed by atoms with van der Waals surface area (Å²) in [4.78, 5) is 5.43. The van der Waals surface area contributed by atoms with E-state index in [2.05, 4.69) is 23.2 Å². The maximum absolute atomic E-state index is 9.43. The predicted octanol–water partition coefficient (Wildman–Crippen LogP) is 5.83. The summed E-state index contributed by atoms with van der Waals surface area (Å²) in [5.41, 5.74) is 2.40. The molecule has 4 rings (SSSR count). The quantitative estimate of drug-likeness (QED) is 0.470. The Balaban J connectivity index is 1.78. The maximum atomic E-state index is 9.43. The van der Waals surface area contributed by atoms with Gasteiger partial charge < -0.3 is 4.42 Å². The van der Waals surface area contributed by atoms with Gasteiger partial charge in [-0.1, -0.05) is 54.1 Å². The van der Waals surface area contributed by atoms with Crippen molar-refractivity contribution < 1.29 is 4.42 Å². The Labute approximate surface area is 149 Å². The van der Waals surface area contributed by atoms with Crippen LogP contribution in [0.1, 0.15) is 11.3 Å². The van der Waals surface area contributed by atoms with Crippen molar-refractivity contribution in [1.29, 1.82) is 5.26 Å². The second-order valence-electron chi connectivity index (χ2n) is 5.71. The monoisotopic (exact) mass is 342 g/mol. The molecule has 0 aliphatic carbocycles. The minimum Gasteiger partial charge on any atom is -0.428 e. The van der Waals surface area contributed by atoms with Crippen LogP contribution in [0.15, 0.2) is 81.1 Å². The highest BCUT2D eigenvalue weighted by atomic mass is 32.2. The number of aryl methyl sites for hydroxylation is 1. The van der Waals surface area contributed by atoms with Crippen LogP contribution in [-0.2, 0) is 0 Å². The van der Waals surface area contributed by atoms with Gasteiger partial charge in [0.1, 0.15) is 6.07 Å². The van der Waals surface area contributed by atoms with Crippen LogP contribution in [0.25, 0.3) is 22.2 Å². The number of benzene rings is 3. The van der Waals surface area contributed by atoms with Gasteiger partial charge in [0, 0.05) is 10.5 Å². The minimum atomic E-state index is 0.313. The molecular formula is C21H14N2OS. The van der Waals surface area contributed by atoms with E-state index in [0.29, 0.717) is 16.7 Å². The molecule has 0 amide bonds. The highest BCUT2D eigenvalue weighted by Crippen LogP contribution is 2.36. The zero-order valence-electron chi connectivity index (χ0n) is 13.6. The minimum absolute atomic E-state index is 0.313. The number of nitriles is 1. The van der Waals surface area contributed by atoms with E-state index in [1.165, 1.54) is 17.3 Å². The van der Waals surface area contributed by atoms with E-state index in [0.717, 1.165) is 21.2 Å². The van der Waals surface area contributed by atoms with Crippen LogP contribution < -0.4 is 0 Å². The zero-order valence-corrected chi connectivity index (χ0v) is 14.4. The van der Waals surface area contributed by atoms with E-state index >= 15 is 0 Å². The lowest BCUT2D eigenvalue weighted by molar-refractivity contribution is 0.483. The van der Waals surface area contributed by atoms with Gasteiger partial charge in [-0.2, -0.15) is 10.2 Å². The summed E-state index contributed by atoms with van der Waals surface area (Å²) < 4.78 is 5.96. The SMILES string of the molecule is Cc1ccc(Sc2oc(-c3cccc4ccccc34)nc2C#N)cc1. The molecule has 0 spiro atoms. The van der Waals surface area contributed by atoms with Crippen molar-refractivity contribution >= 4 is 22.5 Å². The Kier molecular flexibility index (Phi) is 4.01. The number of nitrogens with zero attached hydrogens (tertiary/aromatic N) is 2. The molecule has 0 saturated heterocycles. The molecule has 25 heavy (non-hydrogen) atoms. The molecule has 0 bridgehead atoms. The Bertz CT molecular complexity index is 1090. The first-order valence-electron chi connectivity index (χ1n) is 7.88. The van der Waals surface area contributed by atoms with Crippen molar-refractivity contribution in [3.05, 3.63) is 78.0 Å². The first-order valence-corrected chi connectivity index (χ1v) is 8.70. The van der Waals surface area contributed by atoms with Crippen molar-refractivity contribution in [2.45, 2.75) is 16.9 Å². The lowest BCUT2D eigenvalue weighted by Crippen LogP contribution is -1.81. The molecule has 4 aromatic rings. The summed E-state index contributed by atoms with van der Waals surface area (Å²) in [6.07, 6.45) is 0. The average molecular weight is 342 g/mol. The van der Waals surface area contributed by atoms with Gasteiger partial charge in [0.2, 0.25) is 11.0 Å². The van der Waals surface area contributed by atoms with Crippen molar-refractivity contribution in [3.63, 3.8) is 0 Å². The van der Waals surface area contributed by atoms with Crippen LogP contribution in [0.5, 0.6) is 0 Å². The molecule has 0 unspecified atom stereocenters. The van der Waals surface area contributed by atoms with Gasteiger partial charge >= 0.3 is 0 Å². The van der Waals surface area contributed by atoms with Crippen LogP contribution in [0.4, 0.5) is 0 Å². The summed E-state index contributed by atoms with van der Waals surface area (Å²) in [5, 5.41) is 12.1. The smallest absolute Gasteiger partial charge is 0.229 e. The lowest BCUT2D eigenvalue weighted by Gasteiger charge is -2.02. The highest BCUT2D eigenvalue weighted by Gasteiger charge is 2.17. The third-order valence-corrected chi connectivity index (χ3v) is 4.92. The molecule has 3 nitrogen and oxygen atoms in total. The van der Waals surface area contributed by atoms with Crippen molar-refractivity contribution in [2.75, 3.05) is 0 Å². The van der Waals surface area contributed by atoms with Crippen LogP contribution in [0.2, 0.25) is 0 Å². The standard InChI is InChI=1S/C21H14N2OS/c1-14-9-11-16(12-10-14)25-21-19(13-22)23-20(24-21)18-8-4-6-15-5-2-3-7-17(15)18/h2-12H,1H3. The number of fused-ring (bicyclic) bond motifs is 1. The molecule has 120 valence electrons. The molecule has 0 aliphatic rings. The average Bonchev–Trinajstić information content (AvgIpc) is 3.06. The second-order valence-corrected chi connectivity index (χ2v) is 6.76. The first-order chi connectivity index (χ1) is 12.2. The first kappa shape index (κ1) is 15.5. The molecule has 0 aliphatic heterocycles. The third-order valence-electron chi connectivity index (χ3n) is 3.95. The van der Waals surface area contributed by atoms with Crippen LogP contribution in [-0.4, -0.2) is 4.98 Å². The van der Waals surface area contributed by atoms with Crippen molar-refractivity contribution in [3.8, 4) is 17.5 Å². The second kappa shape index (κ2) is 6.46. The number of hydrogen-bond acceptors (Lipinski definition) is 4. The largest absolute Gasteiger partial charge is 0.428 e. The number of aromatic nitrogens is 1. The molecule has 1 heterocycles. The number of hydrogen-bond donors (Lipinski definition) is 0. The van der Waals surface area contributed by atoms with E-state index in [-0.39, 0.29) is 0 Å². The number of rotatable bonds is 3. The highest BCUT2D eigenvalue weighted by molar-refractivity contribution is 7.99. The van der Waals surface area contributed by atoms with Crippen molar-refractivity contribution in [2.24, 2.45) is 0 Å². The topological polar surface area (TPSA) is 49.8 Å². The van der Waals surface area contributed by atoms with E-state index in [4.69, 9.17) is 4.42 Å². The van der Waals surface area contributed by atoms with Crippen LogP contribution in [0, 0.1) is 18.3 Å². The maximum Gasteiger partial charge on any atom is 0.229 e. The van der Waals surface area contributed by atoms with Gasteiger partial charge in [-0.15, -0.1) is 0 Å². The Hall–Kier alpha value is -3.03. The molecule has 0 N–H and O–H groups in total. The summed E-state index contributed by atoms with van der Waals surface area (Å²) in [7, 11) is 0. The van der Waals surface area contributed by atoms with Crippen LogP contribution >= 0.6 is 11.8 Å². The van der Waals surface area contributed by atoms with Gasteiger partial charge in [-0.05, 0) is 47.7 Å². The molecule has 0 atom stereocenters. The summed E-state index contributed by atoms with van der Waals surface area (Å²) in [6.45, 7) is 2.04.